The molecular weight excluding hydrogens is 460 g/mol. The molecule has 0 bridgehead atoms. The summed E-state index contributed by atoms with van der Waals surface area (Å²) >= 11 is 7.40. The Morgan fingerprint density at radius 2 is 1.94 bits per heavy atom. The second-order valence-electron chi connectivity index (χ2n) is 6.74. The van der Waals surface area contributed by atoms with E-state index >= 15 is 0 Å². The molecule has 1 fully saturated rings. The van der Waals surface area contributed by atoms with E-state index in [4.69, 9.17) is 11.6 Å². The molecule has 1 aliphatic rings. The molecule has 3 aromatic rings. The third-order valence-corrected chi connectivity index (χ3v) is 7.14. The zero-order chi connectivity index (χ0) is 22.0. The van der Waals surface area contributed by atoms with Gasteiger partial charge < -0.3 is 10.2 Å². The fraction of sp³-hybridized carbons (Fsp3) is 0.150. The van der Waals surface area contributed by atoms with Crippen molar-refractivity contribution in [1.29, 1.82) is 0 Å². The minimum Gasteiger partial charge on any atom is -0.322 e. The second kappa shape index (κ2) is 8.66. The van der Waals surface area contributed by atoms with Crippen molar-refractivity contribution < 1.29 is 18.0 Å². The van der Waals surface area contributed by atoms with Crippen LogP contribution >= 0.6 is 22.9 Å². The maximum Gasteiger partial charge on any atom is 0.263 e. The average molecular weight is 477 g/mol. The molecule has 1 aliphatic heterocycles. The highest BCUT2D eigenvalue weighted by molar-refractivity contribution is 7.93. The summed E-state index contributed by atoms with van der Waals surface area (Å²) in [4.78, 5) is 30.2. The summed E-state index contributed by atoms with van der Waals surface area (Å²) in [5, 5.41) is 5.05. The fourth-order valence-electron chi connectivity index (χ4n) is 3.13. The Labute approximate surface area is 187 Å². The van der Waals surface area contributed by atoms with Crippen LogP contribution in [0.1, 0.15) is 23.2 Å². The largest absolute Gasteiger partial charge is 0.322 e. The smallest absolute Gasteiger partial charge is 0.263 e. The monoisotopic (exact) mass is 476 g/mol. The molecule has 31 heavy (non-hydrogen) atoms. The van der Waals surface area contributed by atoms with Crippen LogP contribution in [-0.4, -0.2) is 31.8 Å². The first kappa shape index (κ1) is 21.3. The Morgan fingerprint density at radius 1 is 1.16 bits per heavy atom. The van der Waals surface area contributed by atoms with Crippen molar-refractivity contribution in [2.45, 2.75) is 17.7 Å². The van der Waals surface area contributed by atoms with Crippen molar-refractivity contribution in [3.05, 3.63) is 64.6 Å². The van der Waals surface area contributed by atoms with E-state index in [1.54, 1.807) is 28.5 Å². The first-order valence-corrected chi connectivity index (χ1v) is 12.0. The zero-order valence-electron chi connectivity index (χ0n) is 16.0. The van der Waals surface area contributed by atoms with E-state index < -0.39 is 15.9 Å². The van der Waals surface area contributed by atoms with E-state index in [0.29, 0.717) is 34.9 Å². The Balaban J connectivity index is 1.48. The topological polar surface area (TPSA) is 108 Å². The number of thiazole rings is 1. The van der Waals surface area contributed by atoms with Crippen LogP contribution in [0.5, 0.6) is 0 Å². The van der Waals surface area contributed by atoms with Gasteiger partial charge in [-0.25, -0.2) is 13.4 Å². The number of carbonyl (C=O) groups excluding carboxylic acids is 2. The van der Waals surface area contributed by atoms with Crippen LogP contribution in [0.4, 0.5) is 16.5 Å². The summed E-state index contributed by atoms with van der Waals surface area (Å²) < 4.78 is 27.2. The van der Waals surface area contributed by atoms with E-state index in [1.807, 2.05) is 0 Å². The first-order valence-electron chi connectivity index (χ1n) is 9.27. The van der Waals surface area contributed by atoms with Crippen molar-refractivity contribution >= 4 is 61.3 Å². The predicted molar refractivity (Wildman–Crippen MR) is 120 cm³/mol. The van der Waals surface area contributed by atoms with Gasteiger partial charge in [0.05, 0.1) is 15.6 Å². The number of halogens is 1. The van der Waals surface area contributed by atoms with Crippen LogP contribution in [0.25, 0.3) is 0 Å². The van der Waals surface area contributed by atoms with Crippen molar-refractivity contribution in [2.75, 3.05) is 21.5 Å². The molecule has 0 saturated carbocycles. The SMILES string of the molecule is O=C(Nc1ccc(S(=O)(=O)Nc2nccs2)cc1)c1ccc(Cl)c(N2CCCC2=O)c1. The number of sulfonamides is 1. The van der Waals surface area contributed by atoms with Gasteiger partial charge in [0.25, 0.3) is 15.9 Å². The van der Waals surface area contributed by atoms with E-state index in [2.05, 4.69) is 15.0 Å². The summed E-state index contributed by atoms with van der Waals surface area (Å²) in [7, 11) is -3.77. The molecule has 0 radical (unpaired) electrons. The normalized spacial score (nSPS) is 14.0. The van der Waals surface area contributed by atoms with Gasteiger partial charge in [0.1, 0.15) is 0 Å². The number of nitrogens with one attached hydrogen (secondary N) is 2. The maximum absolute atomic E-state index is 12.7. The van der Waals surface area contributed by atoms with Gasteiger partial charge in [-0.05, 0) is 48.9 Å². The molecule has 0 spiro atoms. The Bertz CT molecular complexity index is 1230. The quantitative estimate of drug-likeness (QED) is 0.559. The molecule has 1 saturated heterocycles. The minimum atomic E-state index is -3.77. The van der Waals surface area contributed by atoms with Crippen LogP contribution in [0.2, 0.25) is 5.02 Å². The van der Waals surface area contributed by atoms with Gasteiger partial charge in [-0.15, -0.1) is 11.3 Å². The van der Waals surface area contributed by atoms with E-state index in [1.165, 1.54) is 41.8 Å². The molecule has 1 aromatic heterocycles. The molecule has 0 aliphatic carbocycles. The number of rotatable bonds is 6. The Hall–Kier alpha value is -2.95. The molecule has 0 unspecified atom stereocenters. The molecular formula is C20H17ClN4O4S2. The van der Waals surface area contributed by atoms with Gasteiger partial charge >= 0.3 is 0 Å². The van der Waals surface area contributed by atoms with Crippen LogP contribution in [0.3, 0.4) is 0 Å². The van der Waals surface area contributed by atoms with Gasteiger partial charge in [0.15, 0.2) is 5.13 Å². The summed E-state index contributed by atoms with van der Waals surface area (Å²) in [6.45, 7) is 0.564. The lowest BCUT2D eigenvalue weighted by Gasteiger charge is -2.18. The number of benzene rings is 2. The summed E-state index contributed by atoms with van der Waals surface area (Å²) in [5.41, 5.74) is 1.26. The molecule has 0 atom stereocenters. The second-order valence-corrected chi connectivity index (χ2v) is 9.72. The van der Waals surface area contributed by atoms with Crippen LogP contribution < -0.4 is 14.9 Å². The molecule has 8 nitrogen and oxygen atoms in total. The van der Waals surface area contributed by atoms with Gasteiger partial charge in [0.2, 0.25) is 5.91 Å². The van der Waals surface area contributed by atoms with E-state index in [0.717, 1.165) is 6.42 Å². The highest BCUT2D eigenvalue weighted by Crippen LogP contribution is 2.30. The Kier molecular flexibility index (Phi) is 5.94. The van der Waals surface area contributed by atoms with Crippen molar-refractivity contribution in [3.63, 3.8) is 0 Å². The summed E-state index contributed by atoms with van der Waals surface area (Å²) in [5.74, 6) is -0.427. The molecule has 4 rings (SSSR count). The van der Waals surface area contributed by atoms with Gasteiger partial charge in [-0.1, -0.05) is 11.6 Å². The van der Waals surface area contributed by atoms with Crippen LogP contribution in [0.15, 0.2) is 58.9 Å². The first-order chi connectivity index (χ1) is 14.8. The highest BCUT2D eigenvalue weighted by Gasteiger charge is 2.24. The Morgan fingerprint density at radius 3 is 2.58 bits per heavy atom. The number of anilines is 3. The number of amides is 2. The molecule has 160 valence electrons. The molecule has 2 aromatic carbocycles. The molecule has 2 N–H and O–H groups in total. The van der Waals surface area contributed by atoms with Crippen LogP contribution in [0, 0.1) is 0 Å². The lowest BCUT2D eigenvalue weighted by atomic mass is 10.1. The third kappa shape index (κ3) is 4.71. The average Bonchev–Trinajstić information content (AvgIpc) is 3.40. The molecule has 11 heteroatoms. The number of carbonyl (C=O) groups is 2. The lowest BCUT2D eigenvalue weighted by Crippen LogP contribution is -2.24. The predicted octanol–water partition coefficient (Wildman–Crippen LogP) is 3.98. The molecule has 2 heterocycles. The van der Waals surface area contributed by atoms with Crippen molar-refractivity contribution in [1.82, 2.24) is 4.98 Å². The number of aromatic nitrogens is 1. The number of hydrogen-bond acceptors (Lipinski definition) is 6. The van der Waals surface area contributed by atoms with E-state index in [-0.39, 0.29) is 15.9 Å². The van der Waals surface area contributed by atoms with Crippen LogP contribution in [-0.2, 0) is 14.8 Å². The summed E-state index contributed by atoms with van der Waals surface area (Å²) in [6, 6.07) is 10.5. The zero-order valence-corrected chi connectivity index (χ0v) is 18.4. The van der Waals surface area contributed by atoms with E-state index in [9.17, 15) is 18.0 Å². The van der Waals surface area contributed by atoms with Gasteiger partial charge in [-0.3, -0.25) is 14.3 Å². The third-order valence-electron chi connectivity index (χ3n) is 4.65. The van der Waals surface area contributed by atoms with Gasteiger partial charge in [0, 0.05) is 35.8 Å². The number of nitrogens with zero attached hydrogens (tertiary/aromatic N) is 2. The maximum atomic E-state index is 12.7. The standard InChI is InChI=1S/C20H17ClN4O4S2/c21-16-8-3-13(12-17(16)25-10-1-2-18(25)26)19(27)23-14-4-6-15(7-5-14)31(28,29)24-20-22-9-11-30-20/h3-9,11-12H,1-2,10H2,(H,22,24)(H,23,27). The fourth-order valence-corrected chi connectivity index (χ4v) is 5.14. The van der Waals surface area contributed by atoms with Gasteiger partial charge in [-0.2, -0.15) is 0 Å². The number of hydrogen-bond donors (Lipinski definition) is 2. The minimum absolute atomic E-state index is 0.0254. The lowest BCUT2D eigenvalue weighted by molar-refractivity contribution is -0.117. The van der Waals surface area contributed by atoms with Crippen molar-refractivity contribution in [3.8, 4) is 0 Å². The van der Waals surface area contributed by atoms with Crippen molar-refractivity contribution in [2.24, 2.45) is 0 Å². The molecule has 2 amide bonds. The highest BCUT2D eigenvalue weighted by atomic mass is 35.5. The summed E-state index contributed by atoms with van der Waals surface area (Å²) in [6.07, 6.45) is 2.71.